The summed E-state index contributed by atoms with van der Waals surface area (Å²) >= 11 is 0. The lowest BCUT2D eigenvalue weighted by Crippen LogP contribution is -2.08. The second-order valence-corrected chi connectivity index (χ2v) is 4.39. The van der Waals surface area contributed by atoms with Crippen LogP contribution in [0.3, 0.4) is 0 Å². The first-order valence-corrected chi connectivity index (χ1v) is 6.31. The van der Waals surface area contributed by atoms with Crippen molar-refractivity contribution < 1.29 is 14.3 Å². The zero-order valence-electron chi connectivity index (χ0n) is 11.3. The fraction of sp³-hybridized carbons (Fsp3) is 0.188. The van der Waals surface area contributed by atoms with Gasteiger partial charge in [-0.3, -0.25) is 4.79 Å². The highest BCUT2D eigenvalue weighted by Crippen LogP contribution is 2.18. The first kappa shape index (κ1) is 13.9. The quantitative estimate of drug-likeness (QED) is 0.670. The highest BCUT2D eigenvalue weighted by Gasteiger charge is 2.07. The van der Waals surface area contributed by atoms with Gasteiger partial charge in [0.25, 0.3) is 0 Å². The molecule has 0 heterocycles. The molecule has 0 aromatic heterocycles. The molecule has 0 fully saturated rings. The van der Waals surface area contributed by atoms with Gasteiger partial charge in [0.05, 0.1) is 13.5 Å². The van der Waals surface area contributed by atoms with Crippen LogP contribution in [0.5, 0.6) is 5.75 Å². The standard InChI is InChI=1S/C16H17NO3/c1-19-15-5-3-2-4-13(15)11-20-16(18)10-12-6-8-14(17)9-7-12/h2-9H,10-11,17H2,1H3. The number of rotatable bonds is 5. The molecule has 0 aliphatic rings. The molecule has 0 saturated heterocycles. The van der Waals surface area contributed by atoms with Gasteiger partial charge in [0.2, 0.25) is 0 Å². The van der Waals surface area contributed by atoms with E-state index in [1.165, 1.54) is 0 Å². The molecule has 0 saturated carbocycles. The molecule has 0 bridgehead atoms. The van der Waals surface area contributed by atoms with Crippen molar-refractivity contribution in [2.24, 2.45) is 0 Å². The van der Waals surface area contributed by atoms with Crippen LogP contribution in [0.25, 0.3) is 0 Å². The SMILES string of the molecule is COc1ccccc1COC(=O)Cc1ccc(N)cc1. The fourth-order valence-electron chi connectivity index (χ4n) is 1.83. The van der Waals surface area contributed by atoms with E-state index in [-0.39, 0.29) is 19.0 Å². The van der Waals surface area contributed by atoms with Crippen molar-refractivity contribution in [3.05, 3.63) is 59.7 Å². The molecule has 20 heavy (non-hydrogen) atoms. The summed E-state index contributed by atoms with van der Waals surface area (Å²) in [6.07, 6.45) is 0.232. The molecule has 4 nitrogen and oxygen atoms in total. The van der Waals surface area contributed by atoms with Gasteiger partial charge in [-0.2, -0.15) is 0 Å². The minimum Gasteiger partial charge on any atom is -0.496 e. The zero-order chi connectivity index (χ0) is 14.4. The fourth-order valence-corrected chi connectivity index (χ4v) is 1.83. The number of methoxy groups -OCH3 is 1. The van der Waals surface area contributed by atoms with Gasteiger partial charge in [-0.05, 0) is 23.8 Å². The lowest BCUT2D eigenvalue weighted by molar-refractivity contribution is -0.144. The van der Waals surface area contributed by atoms with Gasteiger partial charge in [0.15, 0.2) is 0 Å². The number of hydrogen-bond acceptors (Lipinski definition) is 4. The van der Waals surface area contributed by atoms with Crippen molar-refractivity contribution in [3.8, 4) is 5.75 Å². The highest BCUT2D eigenvalue weighted by molar-refractivity contribution is 5.72. The Kier molecular flexibility index (Phi) is 4.60. The first-order valence-electron chi connectivity index (χ1n) is 6.31. The van der Waals surface area contributed by atoms with E-state index < -0.39 is 0 Å². The molecule has 4 heteroatoms. The topological polar surface area (TPSA) is 61.5 Å². The van der Waals surface area contributed by atoms with Crippen molar-refractivity contribution in [1.29, 1.82) is 0 Å². The monoisotopic (exact) mass is 271 g/mol. The maximum absolute atomic E-state index is 11.8. The number of esters is 1. The predicted octanol–water partition coefficient (Wildman–Crippen LogP) is 2.56. The molecular weight excluding hydrogens is 254 g/mol. The van der Waals surface area contributed by atoms with Crippen molar-refractivity contribution in [2.75, 3.05) is 12.8 Å². The number of carbonyl (C=O) groups excluding carboxylic acids is 1. The molecule has 0 amide bonds. The molecule has 104 valence electrons. The number of nitrogens with two attached hydrogens (primary N) is 1. The Morgan fingerprint density at radius 3 is 2.50 bits per heavy atom. The van der Waals surface area contributed by atoms with Crippen LogP contribution in [-0.2, 0) is 22.6 Å². The van der Waals surface area contributed by atoms with Crippen LogP contribution in [0.2, 0.25) is 0 Å². The summed E-state index contributed by atoms with van der Waals surface area (Å²) in [6.45, 7) is 0.206. The van der Waals surface area contributed by atoms with E-state index in [4.69, 9.17) is 15.2 Å². The molecule has 0 aliphatic heterocycles. The molecule has 2 N–H and O–H groups in total. The van der Waals surface area contributed by atoms with Crippen LogP contribution in [0, 0.1) is 0 Å². The van der Waals surface area contributed by atoms with E-state index in [9.17, 15) is 4.79 Å². The Morgan fingerprint density at radius 1 is 1.10 bits per heavy atom. The Balaban J connectivity index is 1.90. The highest BCUT2D eigenvalue weighted by atomic mass is 16.5. The van der Waals surface area contributed by atoms with Gasteiger partial charge in [-0.25, -0.2) is 0 Å². The molecule has 2 aromatic rings. The Labute approximate surface area is 118 Å². The van der Waals surface area contributed by atoms with E-state index in [2.05, 4.69) is 0 Å². The molecule has 0 radical (unpaired) electrons. The summed E-state index contributed by atoms with van der Waals surface area (Å²) < 4.78 is 10.5. The smallest absolute Gasteiger partial charge is 0.310 e. The van der Waals surface area contributed by atoms with E-state index in [1.54, 1.807) is 19.2 Å². The zero-order valence-corrected chi connectivity index (χ0v) is 11.3. The van der Waals surface area contributed by atoms with E-state index in [0.29, 0.717) is 11.4 Å². The number of benzene rings is 2. The van der Waals surface area contributed by atoms with Crippen LogP contribution < -0.4 is 10.5 Å². The van der Waals surface area contributed by atoms with Crippen LogP contribution in [0.15, 0.2) is 48.5 Å². The average molecular weight is 271 g/mol. The summed E-state index contributed by atoms with van der Waals surface area (Å²) in [4.78, 5) is 11.8. The second kappa shape index (κ2) is 6.61. The molecule has 2 rings (SSSR count). The van der Waals surface area contributed by atoms with Gasteiger partial charge in [0, 0.05) is 11.3 Å². The van der Waals surface area contributed by atoms with Gasteiger partial charge < -0.3 is 15.2 Å². The molecule has 0 spiro atoms. The number of para-hydroxylation sites is 1. The molecule has 0 unspecified atom stereocenters. The van der Waals surface area contributed by atoms with Crippen LogP contribution in [-0.4, -0.2) is 13.1 Å². The van der Waals surface area contributed by atoms with Crippen LogP contribution in [0.1, 0.15) is 11.1 Å². The molecular formula is C16H17NO3. The first-order chi connectivity index (χ1) is 9.69. The van der Waals surface area contributed by atoms with E-state index >= 15 is 0 Å². The van der Waals surface area contributed by atoms with Gasteiger partial charge in [-0.15, -0.1) is 0 Å². The van der Waals surface area contributed by atoms with E-state index in [0.717, 1.165) is 11.1 Å². The minimum atomic E-state index is -0.277. The lowest BCUT2D eigenvalue weighted by Gasteiger charge is -2.09. The van der Waals surface area contributed by atoms with Crippen molar-refractivity contribution in [2.45, 2.75) is 13.0 Å². The minimum absolute atomic E-state index is 0.206. The van der Waals surface area contributed by atoms with Crippen LogP contribution in [0.4, 0.5) is 5.69 Å². The maximum atomic E-state index is 11.8. The number of carbonyl (C=O) groups is 1. The third kappa shape index (κ3) is 3.75. The summed E-state index contributed by atoms with van der Waals surface area (Å²) in [5, 5.41) is 0. The van der Waals surface area contributed by atoms with Gasteiger partial charge >= 0.3 is 5.97 Å². The molecule has 0 atom stereocenters. The number of ether oxygens (including phenoxy) is 2. The Hall–Kier alpha value is -2.49. The third-order valence-electron chi connectivity index (χ3n) is 2.91. The molecule has 0 aliphatic carbocycles. The number of anilines is 1. The van der Waals surface area contributed by atoms with Crippen molar-refractivity contribution in [3.63, 3.8) is 0 Å². The normalized spacial score (nSPS) is 10.1. The number of nitrogen functional groups attached to an aromatic ring is 1. The van der Waals surface area contributed by atoms with Crippen LogP contribution >= 0.6 is 0 Å². The lowest BCUT2D eigenvalue weighted by atomic mass is 10.1. The van der Waals surface area contributed by atoms with Gasteiger partial charge in [-0.1, -0.05) is 30.3 Å². The van der Waals surface area contributed by atoms with Gasteiger partial charge in [0.1, 0.15) is 12.4 Å². The summed E-state index contributed by atoms with van der Waals surface area (Å²) in [7, 11) is 1.59. The predicted molar refractivity (Wildman–Crippen MR) is 77.3 cm³/mol. The Bertz CT molecular complexity index is 579. The van der Waals surface area contributed by atoms with Crippen molar-refractivity contribution in [1.82, 2.24) is 0 Å². The maximum Gasteiger partial charge on any atom is 0.310 e. The third-order valence-corrected chi connectivity index (χ3v) is 2.91. The summed E-state index contributed by atoms with van der Waals surface area (Å²) in [5.74, 6) is 0.438. The molecule has 2 aromatic carbocycles. The van der Waals surface area contributed by atoms with Crippen molar-refractivity contribution >= 4 is 11.7 Å². The summed E-state index contributed by atoms with van der Waals surface area (Å²) in [5.41, 5.74) is 8.00. The van der Waals surface area contributed by atoms with E-state index in [1.807, 2.05) is 36.4 Å². The Morgan fingerprint density at radius 2 is 1.80 bits per heavy atom. The average Bonchev–Trinajstić information content (AvgIpc) is 2.48. The largest absolute Gasteiger partial charge is 0.496 e. The number of hydrogen-bond donors (Lipinski definition) is 1. The summed E-state index contributed by atoms with van der Waals surface area (Å²) in [6, 6.07) is 14.6. The second-order valence-electron chi connectivity index (χ2n) is 4.39.